The number of ether oxygens (including phenoxy) is 1. The van der Waals surface area contributed by atoms with Gasteiger partial charge < -0.3 is 9.15 Å². The Balaban J connectivity index is 2.12. The summed E-state index contributed by atoms with van der Waals surface area (Å²) in [5, 5.41) is 1.61. The second-order valence-corrected chi connectivity index (χ2v) is 5.80. The molecule has 0 unspecified atom stereocenters. The largest absolute Gasteiger partial charge is 0.494 e. The van der Waals surface area contributed by atoms with E-state index in [1.54, 1.807) is 12.1 Å². The second kappa shape index (κ2) is 5.87. The quantitative estimate of drug-likeness (QED) is 0.541. The van der Waals surface area contributed by atoms with Crippen LogP contribution in [0.2, 0.25) is 10.0 Å². The van der Waals surface area contributed by atoms with Gasteiger partial charge in [-0.2, -0.15) is 0 Å². The van der Waals surface area contributed by atoms with Gasteiger partial charge in [-0.05, 0) is 29.8 Å². The van der Waals surface area contributed by atoms with E-state index >= 15 is 0 Å². The SMILES string of the molecule is COc1c(Cl)cc(-c2nc3cc(CBr)ccc3o2)cc1Cl. The van der Waals surface area contributed by atoms with Gasteiger partial charge in [0.1, 0.15) is 5.52 Å². The van der Waals surface area contributed by atoms with Gasteiger partial charge in [0, 0.05) is 10.9 Å². The molecule has 2 aromatic carbocycles. The average molecular weight is 387 g/mol. The minimum absolute atomic E-state index is 0.420. The first-order valence-electron chi connectivity index (χ1n) is 6.11. The molecule has 0 aliphatic carbocycles. The Morgan fingerprint density at radius 2 is 1.90 bits per heavy atom. The van der Waals surface area contributed by atoms with Crippen molar-refractivity contribution in [1.82, 2.24) is 4.98 Å². The summed E-state index contributed by atoms with van der Waals surface area (Å²) < 4.78 is 10.9. The minimum Gasteiger partial charge on any atom is -0.494 e. The molecule has 0 atom stereocenters. The average Bonchev–Trinajstić information content (AvgIpc) is 2.89. The third-order valence-corrected chi connectivity index (χ3v) is 4.26. The molecule has 0 radical (unpaired) electrons. The van der Waals surface area contributed by atoms with Gasteiger partial charge in [0.15, 0.2) is 11.3 Å². The van der Waals surface area contributed by atoms with Crippen molar-refractivity contribution in [1.29, 1.82) is 0 Å². The number of oxazole rings is 1. The van der Waals surface area contributed by atoms with Crippen molar-refractivity contribution in [2.75, 3.05) is 7.11 Å². The standard InChI is InChI=1S/C15H10BrCl2NO2/c1-20-14-10(17)5-9(6-11(14)18)15-19-12-4-8(7-16)2-3-13(12)21-15/h2-6H,7H2,1H3. The van der Waals surface area contributed by atoms with Gasteiger partial charge in [-0.1, -0.05) is 45.2 Å². The van der Waals surface area contributed by atoms with Gasteiger partial charge >= 0.3 is 0 Å². The highest BCUT2D eigenvalue weighted by atomic mass is 79.9. The predicted molar refractivity (Wildman–Crippen MR) is 88.6 cm³/mol. The van der Waals surface area contributed by atoms with Crippen molar-refractivity contribution in [3.05, 3.63) is 45.9 Å². The summed E-state index contributed by atoms with van der Waals surface area (Å²) in [6.07, 6.45) is 0. The van der Waals surface area contributed by atoms with E-state index in [2.05, 4.69) is 20.9 Å². The number of aromatic nitrogens is 1. The van der Waals surface area contributed by atoms with Crippen molar-refractivity contribution in [2.45, 2.75) is 5.33 Å². The van der Waals surface area contributed by atoms with Crippen LogP contribution < -0.4 is 4.74 Å². The summed E-state index contributed by atoms with van der Waals surface area (Å²) in [6.45, 7) is 0. The van der Waals surface area contributed by atoms with Crippen molar-refractivity contribution in [2.24, 2.45) is 0 Å². The Hall–Kier alpha value is -1.23. The second-order valence-electron chi connectivity index (χ2n) is 4.43. The summed E-state index contributed by atoms with van der Waals surface area (Å²) in [7, 11) is 1.52. The van der Waals surface area contributed by atoms with E-state index in [0.717, 1.165) is 22.0 Å². The number of fused-ring (bicyclic) bond motifs is 1. The lowest BCUT2D eigenvalue weighted by molar-refractivity contribution is 0.415. The molecule has 0 bridgehead atoms. The zero-order valence-corrected chi connectivity index (χ0v) is 14.1. The lowest BCUT2D eigenvalue weighted by Crippen LogP contribution is -1.87. The molecule has 0 amide bonds. The van der Waals surface area contributed by atoms with E-state index in [1.165, 1.54) is 7.11 Å². The normalized spacial score (nSPS) is 11.0. The molecule has 0 fully saturated rings. The molecule has 1 heterocycles. The molecule has 108 valence electrons. The molecule has 1 aromatic heterocycles. The highest BCUT2D eigenvalue weighted by molar-refractivity contribution is 9.08. The van der Waals surface area contributed by atoms with Gasteiger partial charge in [-0.25, -0.2) is 4.98 Å². The molecule has 3 nitrogen and oxygen atoms in total. The molecule has 0 aliphatic heterocycles. The maximum Gasteiger partial charge on any atom is 0.227 e. The van der Waals surface area contributed by atoms with E-state index in [4.69, 9.17) is 32.4 Å². The van der Waals surface area contributed by atoms with Crippen molar-refractivity contribution in [3.63, 3.8) is 0 Å². The Kier molecular flexibility index (Phi) is 4.11. The number of hydrogen-bond donors (Lipinski definition) is 0. The van der Waals surface area contributed by atoms with Crippen LogP contribution in [-0.4, -0.2) is 12.1 Å². The van der Waals surface area contributed by atoms with Crippen molar-refractivity contribution < 1.29 is 9.15 Å². The number of halogens is 3. The molecule has 0 N–H and O–H groups in total. The molecule has 0 aliphatic rings. The molecular formula is C15H10BrCl2NO2. The van der Waals surface area contributed by atoms with Gasteiger partial charge in [-0.15, -0.1) is 0 Å². The van der Waals surface area contributed by atoms with Gasteiger partial charge in [0.25, 0.3) is 0 Å². The third kappa shape index (κ3) is 2.76. The molecule has 0 saturated carbocycles. The smallest absolute Gasteiger partial charge is 0.227 e. The van der Waals surface area contributed by atoms with Crippen LogP contribution in [0.1, 0.15) is 5.56 Å². The summed E-state index contributed by atoms with van der Waals surface area (Å²) in [5.74, 6) is 0.919. The Labute approximate surface area is 140 Å². The highest BCUT2D eigenvalue weighted by Gasteiger charge is 2.14. The summed E-state index contributed by atoms with van der Waals surface area (Å²) >= 11 is 15.7. The van der Waals surface area contributed by atoms with Gasteiger partial charge in [0.05, 0.1) is 17.2 Å². The highest BCUT2D eigenvalue weighted by Crippen LogP contribution is 2.37. The fraction of sp³-hybridized carbons (Fsp3) is 0.133. The Bertz CT molecular complexity index is 794. The van der Waals surface area contributed by atoms with E-state index in [0.29, 0.717) is 27.2 Å². The number of methoxy groups -OCH3 is 1. The molecule has 6 heteroatoms. The molecule has 21 heavy (non-hydrogen) atoms. The molecule has 3 rings (SSSR count). The van der Waals surface area contributed by atoms with Gasteiger partial charge in [-0.3, -0.25) is 0 Å². The van der Waals surface area contributed by atoms with Crippen molar-refractivity contribution in [3.8, 4) is 17.2 Å². The fourth-order valence-electron chi connectivity index (χ4n) is 2.06. The zero-order valence-electron chi connectivity index (χ0n) is 11.0. The van der Waals surface area contributed by atoms with Crippen LogP contribution in [0.3, 0.4) is 0 Å². The third-order valence-electron chi connectivity index (χ3n) is 3.06. The first-order chi connectivity index (χ1) is 10.1. The van der Waals surface area contributed by atoms with Crippen LogP contribution >= 0.6 is 39.1 Å². The predicted octanol–water partition coefficient (Wildman–Crippen LogP) is 5.71. The molecule has 0 spiro atoms. The van der Waals surface area contributed by atoms with Crippen LogP contribution in [0, 0.1) is 0 Å². The molecular weight excluding hydrogens is 377 g/mol. The number of nitrogens with zero attached hydrogens (tertiary/aromatic N) is 1. The monoisotopic (exact) mass is 385 g/mol. The fourth-order valence-corrected chi connectivity index (χ4v) is 3.05. The van der Waals surface area contributed by atoms with E-state index in [1.807, 2.05) is 18.2 Å². The van der Waals surface area contributed by atoms with Crippen LogP contribution in [0.25, 0.3) is 22.6 Å². The topological polar surface area (TPSA) is 35.3 Å². The maximum absolute atomic E-state index is 6.15. The van der Waals surface area contributed by atoms with Crippen LogP contribution in [0.4, 0.5) is 0 Å². The van der Waals surface area contributed by atoms with Crippen molar-refractivity contribution >= 4 is 50.2 Å². The Morgan fingerprint density at radius 1 is 1.19 bits per heavy atom. The number of rotatable bonds is 3. The number of benzene rings is 2. The Morgan fingerprint density at radius 3 is 2.52 bits per heavy atom. The zero-order chi connectivity index (χ0) is 15.0. The van der Waals surface area contributed by atoms with E-state index in [9.17, 15) is 0 Å². The lowest BCUT2D eigenvalue weighted by Gasteiger charge is -2.06. The van der Waals surface area contributed by atoms with E-state index < -0.39 is 0 Å². The number of hydrogen-bond acceptors (Lipinski definition) is 3. The van der Waals surface area contributed by atoms with Crippen LogP contribution in [0.15, 0.2) is 34.7 Å². The molecule has 0 saturated heterocycles. The summed E-state index contributed by atoms with van der Waals surface area (Å²) in [4.78, 5) is 4.48. The summed E-state index contributed by atoms with van der Waals surface area (Å²) in [6, 6.07) is 9.31. The first-order valence-corrected chi connectivity index (χ1v) is 7.99. The maximum atomic E-state index is 6.15. The lowest BCUT2D eigenvalue weighted by atomic mass is 10.2. The minimum atomic E-state index is 0.420. The molecule has 3 aromatic rings. The number of alkyl halides is 1. The van der Waals surface area contributed by atoms with Gasteiger partial charge in [0.2, 0.25) is 5.89 Å². The van der Waals surface area contributed by atoms with Crippen LogP contribution in [0.5, 0.6) is 5.75 Å². The summed E-state index contributed by atoms with van der Waals surface area (Å²) in [5.41, 5.74) is 3.36. The van der Waals surface area contributed by atoms with Crippen LogP contribution in [-0.2, 0) is 5.33 Å². The first kappa shape index (κ1) is 14.7. The van der Waals surface area contributed by atoms with E-state index in [-0.39, 0.29) is 0 Å².